The van der Waals surface area contributed by atoms with Gasteiger partial charge in [-0.15, -0.1) is 0 Å². The Morgan fingerprint density at radius 1 is 0.510 bits per heavy atom. The smallest absolute Gasteiger partial charge is 0.220 e. The molecule has 4 nitrogen and oxygen atoms in total. The molecule has 0 radical (unpaired) electrons. The fourth-order valence-electron chi connectivity index (χ4n) is 4.72. The largest absolute Gasteiger partial charge is 0.394 e. The molecule has 0 spiro atoms. The quantitative estimate of drug-likeness (QED) is 0.0492. The second-order valence-corrected chi connectivity index (χ2v) is 12.2. The number of allylic oxidation sites excluding steroid dienone is 19. The molecular formula is C45H71NO3. The Kier molecular flexibility index (Phi) is 36.7. The molecule has 0 aromatic carbocycles. The van der Waals surface area contributed by atoms with Gasteiger partial charge in [0, 0.05) is 6.42 Å². The van der Waals surface area contributed by atoms with E-state index in [4.69, 9.17) is 0 Å². The van der Waals surface area contributed by atoms with Crippen molar-refractivity contribution in [2.24, 2.45) is 0 Å². The van der Waals surface area contributed by atoms with Crippen molar-refractivity contribution in [1.82, 2.24) is 5.32 Å². The minimum Gasteiger partial charge on any atom is -0.394 e. The number of hydrogen-bond donors (Lipinski definition) is 3. The van der Waals surface area contributed by atoms with Gasteiger partial charge in [0.2, 0.25) is 5.91 Å². The summed E-state index contributed by atoms with van der Waals surface area (Å²) in [5.41, 5.74) is 0. The molecule has 0 saturated carbocycles. The van der Waals surface area contributed by atoms with Gasteiger partial charge in [-0.3, -0.25) is 4.79 Å². The Bertz CT molecular complexity index is 1040. The van der Waals surface area contributed by atoms with Crippen LogP contribution in [-0.2, 0) is 4.79 Å². The topological polar surface area (TPSA) is 69.6 Å². The summed E-state index contributed by atoms with van der Waals surface area (Å²) >= 11 is 0. The van der Waals surface area contributed by atoms with Crippen LogP contribution in [0, 0.1) is 0 Å². The van der Waals surface area contributed by atoms with E-state index in [1.54, 1.807) is 6.08 Å². The van der Waals surface area contributed by atoms with Gasteiger partial charge >= 0.3 is 0 Å². The fraction of sp³-hybridized carbons (Fsp3) is 0.533. The average Bonchev–Trinajstić information content (AvgIpc) is 3.10. The summed E-state index contributed by atoms with van der Waals surface area (Å²) < 4.78 is 0. The normalized spacial score (nSPS) is 14.4. The molecule has 0 aliphatic carbocycles. The van der Waals surface area contributed by atoms with Crippen LogP contribution in [0.1, 0.15) is 136 Å². The van der Waals surface area contributed by atoms with Crippen LogP contribution < -0.4 is 5.32 Å². The lowest BCUT2D eigenvalue weighted by molar-refractivity contribution is -0.123. The van der Waals surface area contributed by atoms with Crippen LogP contribution in [0.4, 0.5) is 0 Å². The number of aliphatic hydroxyl groups excluding tert-OH is 2. The van der Waals surface area contributed by atoms with Crippen LogP contribution in [0.2, 0.25) is 0 Å². The molecular weight excluding hydrogens is 602 g/mol. The van der Waals surface area contributed by atoms with E-state index in [1.165, 1.54) is 12.8 Å². The Balaban J connectivity index is 3.75. The molecule has 0 aliphatic heterocycles. The molecule has 0 aliphatic rings. The monoisotopic (exact) mass is 674 g/mol. The lowest BCUT2D eigenvalue weighted by Crippen LogP contribution is -2.45. The Morgan fingerprint density at radius 2 is 0.918 bits per heavy atom. The van der Waals surface area contributed by atoms with Crippen molar-refractivity contribution in [3.8, 4) is 0 Å². The van der Waals surface area contributed by atoms with Gasteiger partial charge in [-0.05, 0) is 89.9 Å². The SMILES string of the molecule is CC/C=C\C/C=C\C/C=C\C/C=C\C/C=C\C/C=C\C/C=C\C/C=C\CCCCCCC(=O)NC(CO)C(O)/C=C/CC/C=C/CCCC. The van der Waals surface area contributed by atoms with Crippen LogP contribution in [0.15, 0.2) is 122 Å². The molecule has 0 fully saturated rings. The average molecular weight is 674 g/mol. The Hall–Kier alpha value is -3.21. The van der Waals surface area contributed by atoms with Crippen LogP contribution in [0.5, 0.6) is 0 Å². The third-order valence-corrected chi connectivity index (χ3v) is 7.68. The number of nitrogens with one attached hydrogen (secondary N) is 1. The summed E-state index contributed by atoms with van der Waals surface area (Å²) in [7, 11) is 0. The molecule has 274 valence electrons. The first-order valence-corrected chi connectivity index (χ1v) is 19.2. The molecule has 49 heavy (non-hydrogen) atoms. The molecule has 2 atom stereocenters. The van der Waals surface area contributed by atoms with Crippen molar-refractivity contribution in [3.05, 3.63) is 122 Å². The molecule has 0 saturated heterocycles. The van der Waals surface area contributed by atoms with Gasteiger partial charge in [0.1, 0.15) is 0 Å². The summed E-state index contributed by atoms with van der Waals surface area (Å²) in [6.45, 7) is 4.07. The third kappa shape index (κ3) is 35.9. The van der Waals surface area contributed by atoms with Crippen LogP contribution >= 0.6 is 0 Å². The number of aliphatic hydroxyl groups is 2. The van der Waals surface area contributed by atoms with Gasteiger partial charge in [-0.25, -0.2) is 0 Å². The zero-order valence-corrected chi connectivity index (χ0v) is 31.1. The zero-order valence-electron chi connectivity index (χ0n) is 31.1. The van der Waals surface area contributed by atoms with Gasteiger partial charge in [0.05, 0.1) is 18.8 Å². The first-order valence-electron chi connectivity index (χ1n) is 19.2. The van der Waals surface area contributed by atoms with Crippen molar-refractivity contribution < 1.29 is 15.0 Å². The van der Waals surface area contributed by atoms with E-state index < -0.39 is 12.1 Å². The minimum atomic E-state index is -0.878. The molecule has 3 N–H and O–H groups in total. The summed E-state index contributed by atoms with van der Waals surface area (Å²) in [5, 5.41) is 22.7. The summed E-state index contributed by atoms with van der Waals surface area (Å²) in [6, 6.07) is -0.659. The second-order valence-electron chi connectivity index (χ2n) is 12.2. The van der Waals surface area contributed by atoms with Gasteiger partial charge in [0.15, 0.2) is 0 Å². The van der Waals surface area contributed by atoms with Crippen LogP contribution in [0.25, 0.3) is 0 Å². The van der Waals surface area contributed by atoms with Crippen molar-refractivity contribution in [1.29, 1.82) is 0 Å². The lowest BCUT2D eigenvalue weighted by atomic mass is 10.1. The number of amides is 1. The molecule has 4 heteroatoms. The maximum Gasteiger partial charge on any atom is 0.220 e. The van der Waals surface area contributed by atoms with Gasteiger partial charge < -0.3 is 15.5 Å². The Morgan fingerprint density at radius 3 is 1.41 bits per heavy atom. The predicted octanol–water partition coefficient (Wildman–Crippen LogP) is 11.8. The maximum atomic E-state index is 12.3. The summed E-state index contributed by atoms with van der Waals surface area (Å²) in [4.78, 5) is 12.3. The standard InChI is InChI=1S/C45H71NO3/c1-3-5-7-9-11-13-14-15-16-17-18-19-20-21-22-23-24-25-26-27-28-29-30-31-32-33-35-37-39-41-45(49)46-43(42-47)44(48)40-38-36-34-12-10-8-6-4-2/h5,7,10-13,15-16,18-19,21-22,24-25,27-28,30-31,38,40,43-44,47-48H,3-4,6,8-9,14,17,20,23,26,29,32-37,39,41-42H2,1-2H3,(H,46,49)/b7-5-,12-10+,13-11-,16-15-,19-18-,22-21-,25-24-,28-27-,31-30-,40-38+. The highest BCUT2D eigenvalue weighted by Gasteiger charge is 2.17. The molecule has 0 rings (SSSR count). The van der Waals surface area contributed by atoms with E-state index in [9.17, 15) is 15.0 Å². The number of carbonyl (C=O) groups excluding carboxylic acids is 1. The third-order valence-electron chi connectivity index (χ3n) is 7.68. The molecule has 0 aromatic rings. The van der Waals surface area contributed by atoms with E-state index in [-0.39, 0.29) is 12.5 Å². The minimum absolute atomic E-state index is 0.110. The van der Waals surface area contributed by atoms with Crippen LogP contribution in [0.3, 0.4) is 0 Å². The van der Waals surface area contributed by atoms with E-state index in [0.29, 0.717) is 6.42 Å². The maximum absolute atomic E-state index is 12.3. The number of rotatable bonds is 32. The lowest BCUT2D eigenvalue weighted by Gasteiger charge is -2.19. The molecule has 0 bridgehead atoms. The predicted molar refractivity (Wildman–Crippen MR) is 215 cm³/mol. The summed E-state index contributed by atoms with van der Waals surface area (Å²) in [5.74, 6) is -0.110. The number of carbonyl (C=O) groups is 1. The summed E-state index contributed by atoms with van der Waals surface area (Å²) in [6.07, 6.45) is 61.6. The molecule has 1 amide bonds. The van der Waals surface area contributed by atoms with E-state index in [0.717, 1.165) is 103 Å². The van der Waals surface area contributed by atoms with Crippen molar-refractivity contribution in [3.63, 3.8) is 0 Å². The molecule has 0 aromatic heterocycles. The van der Waals surface area contributed by atoms with Crippen LogP contribution in [-0.4, -0.2) is 34.9 Å². The van der Waals surface area contributed by atoms with Gasteiger partial charge in [-0.2, -0.15) is 0 Å². The highest BCUT2D eigenvalue weighted by molar-refractivity contribution is 5.76. The second kappa shape index (κ2) is 39.2. The van der Waals surface area contributed by atoms with Gasteiger partial charge in [-0.1, -0.05) is 161 Å². The van der Waals surface area contributed by atoms with E-state index >= 15 is 0 Å². The van der Waals surface area contributed by atoms with E-state index in [1.807, 2.05) is 6.08 Å². The molecule has 2 unspecified atom stereocenters. The first-order chi connectivity index (χ1) is 24.2. The highest BCUT2D eigenvalue weighted by atomic mass is 16.3. The zero-order chi connectivity index (χ0) is 35.7. The number of hydrogen-bond acceptors (Lipinski definition) is 3. The van der Waals surface area contributed by atoms with E-state index in [2.05, 4.69) is 129 Å². The highest BCUT2D eigenvalue weighted by Crippen LogP contribution is 2.08. The molecule has 0 heterocycles. The fourth-order valence-corrected chi connectivity index (χ4v) is 4.72. The van der Waals surface area contributed by atoms with Crippen molar-refractivity contribution in [2.45, 2.75) is 148 Å². The number of unbranched alkanes of at least 4 members (excludes halogenated alkanes) is 7. The van der Waals surface area contributed by atoms with Crippen molar-refractivity contribution in [2.75, 3.05) is 6.61 Å². The first kappa shape index (κ1) is 45.8. The van der Waals surface area contributed by atoms with Gasteiger partial charge in [0.25, 0.3) is 0 Å². The van der Waals surface area contributed by atoms with Crippen molar-refractivity contribution >= 4 is 5.91 Å². The Labute approximate surface area is 301 Å².